The second-order valence-corrected chi connectivity index (χ2v) is 11.8. The third-order valence-corrected chi connectivity index (χ3v) is 8.26. The Kier molecular flexibility index (Phi) is 16.4. The topological polar surface area (TPSA) is 85.3 Å². The maximum atomic E-state index is 9.39. The minimum atomic E-state index is 0.128. The fourth-order valence-corrected chi connectivity index (χ4v) is 5.98. The second kappa shape index (κ2) is 20.1. The lowest BCUT2D eigenvalue weighted by molar-refractivity contribution is 0.0197. The van der Waals surface area contributed by atoms with Crippen LogP contribution in [-0.4, -0.2) is 71.2 Å². The van der Waals surface area contributed by atoms with Crippen LogP contribution < -0.4 is 5.73 Å². The fraction of sp³-hybridized carbons (Fsp3) is 0.606. The molecule has 0 atom stereocenters. The highest BCUT2D eigenvalue weighted by Gasteiger charge is 2.21. The number of hydrogen-bond acceptors (Lipinski definition) is 7. The molecule has 41 heavy (non-hydrogen) atoms. The Morgan fingerprint density at radius 3 is 2.41 bits per heavy atom. The molecule has 0 spiro atoms. The van der Waals surface area contributed by atoms with Crippen LogP contribution in [0.25, 0.3) is 16.6 Å². The normalized spacial score (nSPS) is 14.3. The number of nitrogens with two attached hydrogens (primary N) is 1. The number of hydrogen-bond donors (Lipinski definition) is 2. The summed E-state index contributed by atoms with van der Waals surface area (Å²) in [5.74, 6) is 0. The van der Waals surface area contributed by atoms with Gasteiger partial charge in [0.2, 0.25) is 0 Å². The standard InChI is InChI=1S/C30H44N4O3S.C3H8/c31-15-5-1-6-20-36-21-7-2-8-22-37-27-12-16-33(17-13-27)38-30-10-4-3-9-28(30)25-11-18-34-29(23-25)26(14-19-35)24-32-34;1-3-2/h3-4,9-11,18,23-24,27,35H,1-2,5-8,12-17,19-22,31H2;3H2,1-2H3. The molecule has 0 aliphatic carbocycles. The number of rotatable bonds is 17. The molecule has 1 aromatic carbocycles. The summed E-state index contributed by atoms with van der Waals surface area (Å²) < 4.78 is 16.3. The second-order valence-electron chi connectivity index (χ2n) is 10.7. The lowest BCUT2D eigenvalue weighted by atomic mass is 10.1. The summed E-state index contributed by atoms with van der Waals surface area (Å²) in [5, 5.41) is 13.8. The van der Waals surface area contributed by atoms with Gasteiger partial charge in [0.15, 0.2) is 0 Å². The van der Waals surface area contributed by atoms with Crippen LogP contribution in [0.2, 0.25) is 0 Å². The molecular formula is C33H52N4O3S. The number of piperidine rings is 1. The molecule has 7 nitrogen and oxygen atoms in total. The first-order chi connectivity index (χ1) is 20.2. The van der Waals surface area contributed by atoms with Gasteiger partial charge in [-0.2, -0.15) is 5.10 Å². The van der Waals surface area contributed by atoms with E-state index in [0.29, 0.717) is 12.5 Å². The molecule has 3 aromatic rings. The minimum absolute atomic E-state index is 0.128. The maximum absolute atomic E-state index is 9.39. The summed E-state index contributed by atoms with van der Waals surface area (Å²) in [5.41, 5.74) is 10.0. The van der Waals surface area contributed by atoms with Crippen LogP contribution in [0.4, 0.5) is 0 Å². The average molecular weight is 585 g/mol. The number of nitrogens with zero attached hydrogens (tertiary/aromatic N) is 3. The molecule has 0 amide bonds. The van der Waals surface area contributed by atoms with Gasteiger partial charge in [-0.25, -0.2) is 8.82 Å². The minimum Gasteiger partial charge on any atom is -0.396 e. The Morgan fingerprint density at radius 1 is 0.976 bits per heavy atom. The molecule has 8 heteroatoms. The molecular weight excluding hydrogens is 532 g/mol. The first-order valence-electron chi connectivity index (χ1n) is 15.7. The highest BCUT2D eigenvalue weighted by molar-refractivity contribution is 7.97. The van der Waals surface area contributed by atoms with Crippen molar-refractivity contribution in [2.24, 2.45) is 5.73 Å². The van der Waals surface area contributed by atoms with E-state index in [9.17, 15) is 5.11 Å². The van der Waals surface area contributed by atoms with Crippen LogP contribution >= 0.6 is 11.9 Å². The van der Waals surface area contributed by atoms with Crippen molar-refractivity contribution in [2.75, 3.05) is 46.1 Å². The first-order valence-corrected chi connectivity index (χ1v) is 16.5. The lowest BCUT2D eigenvalue weighted by Gasteiger charge is -2.31. The fourth-order valence-electron chi connectivity index (χ4n) is 4.89. The van der Waals surface area contributed by atoms with Crippen molar-refractivity contribution in [1.82, 2.24) is 13.9 Å². The van der Waals surface area contributed by atoms with Crippen molar-refractivity contribution >= 4 is 17.5 Å². The maximum Gasteiger partial charge on any atom is 0.0700 e. The molecule has 1 aliphatic rings. The van der Waals surface area contributed by atoms with E-state index >= 15 is 0 Å². The van der Waals surface area contributed by atoms with Crippen molar-refractivity contribution in [2.45, 2.75) is 89.1 Å². The van der Waals surface area contributed by atoms with Gasteiger partial charge in [0.25, 0.3) is 0 Å². The van der Waals surface area contributed by atoms with E-state index in [1.165, 1.54) is 35.3 Å². The van der Waals surface area contributed by atoms with Crippen LogP contribution in [0, 0.1) is 0 Å². The van der Waals surface area contributed by atoms with Crippen molar-refractivity contribution in [3.63, 3.8) is 0 Å². The highest BCUT2D eigenvalue weighted by Crippen LogP contribution is 2.35. The number of ether oxygens (including phenoxy) is 2. The van der Waals surface area contributed by atoms with Gasteiger partial charge in [0.05, 0.1) is 17.8 Å². The predicted octanol–water partition coefficient (Wildman–Crippen LogP) is 6.76. The van der Waals surface area contributed by atoms with E-state index < -0.39 is 0 Å². The quantitative estimate of drug-likeness (QED) is 0.134. The number of unbranched alkanes of at least 4 members (excludes halogenated alkanes) is 4. The van der Waals surface area contributed by atoms with Crippen LogP contribution in [-0.2, 0) is 15.9 Å². The summed E-state index contributed by atoms with van der Waals surface area (Å²) in [6, 6.07) is 12.9. The summed E-state index contributed by atoms with van der Waals surface area (Å²) in [4.78, 5) is 1.26. The molecule has 4 rings (SSSR count). The molecule has 0 saturated carbocycles. The number of benzene rings is 1. The van der Waals surface area contributed by atoms with Crippen LogP contribution in [0.5, 0.6) is 0 Å². The van der Waals surface area contributed by atoms with Crippen molar-refractivity contribution in [3.8, 4) is 11.1 Å². The van der Waals surface area contributed by atoms with Crippen molar-refractivity contribution in [3.05, 3.63) is 54.4 Å². The number of aromatic nitrogens is 2. The number of pyridine rings is 1. The molecule has 1 aliphatic heterocycles. The largest absolute Gasteiger partial charge is 0.396 e. The van der Waals surface area contributed by atoms with Crippen LogP contribution in [0.1, 0.15) is 77.2 Å². The molecule has 1 saturated heterocycles. The Morgan fingerprint density at radius 2 is 1.68 bits per heavy atom. The van der Waals surface area contributed by atoms with E-state index in [1.807, 2.05) is 28.9 Å². The zero-order valence-electron chi connectivity index (χ0n) is 25.3. The van der Waals surface area contributed by atoms with Crippen molar-refractivity contribution in [1.29, 1.82) is 0 Å². The molecule has 1 fully saturated rings. The Balaban J connectivity index is 0.00000147. The number of aliphatic hydroxyl groups is 1. The number of fused-ring (bicyclic) bond motifs is 1. The first kappa shape index (κ1) is 33.6. The van der Waals surface area contributed by atoms with Gasteiger partial charge >= 0.3 is 0 Å². The lowest BCUT2D eigenvalue weighted by Crippen LogP contribution is -2.33. The van der Waals surface area contributed by atoms with Crippen LogP contribution in [0.15, 0.2) is 53.7 Å². The van der Waals surface area contributed by atoms with Gasteiger partial charge in [-0.3, -0.25) is 0 Å². The monoisotopic (exact) mass is 584 g/mol. The van der Waals surface area contributed by atoms with E-state index in [-0.39, 0.29) is 6.61 Å². The van der Waals surface area contributed by atoms with Crippen LogP contribution in [0.3, 0.4) is 0 Å². The van der Waals surface area contributed by atoms with E-state index in [2.05, 4.69) is 59.6 Å². The summed E-state index contributed by atoms with van der Waals surface area (Å²) in [6.07, 6.45) is 15.0. The summed E-state index contributed by atoms with van der Waals surface area (Å²) >= 11 is 1.85. The van der Waals surface area contributed by atoms with Gasteiger partial charge in [-0.05, 0) is 106 Å². The molecule has 0 unspecified atom stereocenters. The highest BCUT2D eigenvalue weighted by atomic mass is 32.2. The smallest absolute Gasteiger partial charge is 0.0700 e. The average Bonchev–Trinajstić information content (AvgIpc) is 3.39. The molecule has 2 aromatic heterocycles. The Hall–Kier alpha value is -1.94. The Bertz CT molecular complexity index is 1100. The molecule has 0 radical (unpaired) electrons. The molecule has 228 valence electrons. The number of aliphatic hydroxyl groups excluding tert-OH is 1. The van der Waals surface area contributed by atoms with E-state index in [1.54, 1.807) is 0 Å². The van der Waals surface area contributed by atoms with Gasteiger partial charge in [-0.15, -0.1) is 0 Å². The molecule has 3 N–H and O–H groups in total. The molecule has 3 heterocycles. The van der Waals surface area contributed by atoms with Gasteiger partial charge in [0.1, 0.15) is 0 Å². The van der Waals surface area contributed by atoms with Crippen molar-refractivity contribution < 1.29 is 14.6 Å². The van der Waals surface area contributed by atoms with Gasteiger partial charge in [-0.1, -0.05) is 38.5 Å². The molecule has 0 bridgehead atoms. The predicted molar refractivity (Wildman–Crippen MR) is 171 cm³/mol. The SMILES string of the molecule is CCC.NCCCCCOCCCCCOC1CCN(Sc2ccccc2-c2ccn3ncc(CCO)c3c2)CC1. The zero-order valence-corrected chi connectivity index (χ0v) is 26.1. The summed E-state index contributed by atoms with van der Waals surface area (Å²) in [6.45, 7) is 9.80. The van der Waals surface area contributed by atoms with E-state index in [4.69, 9.17) is 15.2 Å². The van der Waals surface area contributed by atoms with E-state index in [0.717, 1.165) is 89.1 Å². The summed E-state index contributed by atoms with van der Waals surface area (Å²) in [7, 11) is 0. The van der Waals surface area contributed by atoms with Gasteiger partial charge in [0, 0.05) is 56.2 Å². The Labute approximate surface area is 251 Å². The zero-order chi connectivity index (χ0) is 29.1. The van der Waals surface area contributed by atoms with Gasteiger partial charge < -0.3 is 20.3 Å². The third kappa shape index (κ3) is 11.7. The third-order valence-electron chi connectivity index (χ3n) is 7.09.